The normalized spacial score (nSPS) is 18.5. The van der Waals surface area contributed by atoms with Crippen molar-refractivity contribution < 1.29 is 13.2 Å². The van der Waals surface area contributed by atoms with Gasteiger partial charge in [0.2, 0.25) is 10.0 Å². The molecule has 0 amide bonds. The minimum absolute atomic E-state index is 0.162. The highest BCUT2D eigenvalue weighted by molar-refractivity contribution is 7.89. The third-order valence-corrected chi connectivity index (χ3v) is 7.51. The number of sulfonamides is 1. The number of anilines is 1. The molecule has 2 heterocycles. The van der Waals surface area contributed by atoms with Crippen LogP contribution < -0.4 is 10.0 Å². The van der Waals surface area contributed by atoms with Crippen molar-refractivity contribution in [3.8, 4) is 0 Å². The summed E-state index contributed by atoms with van der Waals surface area (Å²) in [5.41, 5.74) is 1.27. The maximum Gasteiger partial charge on any atom is 0.242 e. The maximum atomic E-state index is 12.9. The van der Waals surface area contributed by atoms with Crippen molar-refractivity contribution in [1.82, 2.24) is 14.5 Å². The molecule has 2 N–H and O–H groups in total. The lowest BCUT2D eigenvalue weighted by atomic mass is 9.93. The van der Waals surface area contributed by atoms with Crippen LogP contribution in [-0.2, 0) is 21.3 Å². The van der Waals surface area contributed by atoms with Crippen molar-refractivity contribution in [2.75, 3.05) is 25.1 Å². The van der Waals surface area contributed by atoms with Gasteiger partial charge in [0.1, 0.15) is 4.90 Å². The molecular weight excluding hydrogens is 412 g/mol. The summed E-state index contributed by atoms with van der Waals surface area (Å²) in [4.78, 5) is 0.162. The number of benzene rings is 1. The Morgan fingerprint density at radius 2 is 1.97 bits per heavy atom. The van der Waals surface area contributed by atoms with Gasteiger partial charge in [0.05, 0.1) is 29.0 Å². The molecule has 4 rings (SSSR count). The number of para-hydroxylation sites is 1. The van der Waals surface area contributed by atoms with Crippen molar-refractivity contribution in [3.05, 3.63) is 41.2 Å². The highest BCUT2D eigenvalue weighted by Gasteiger charge is 2.23. The van der Waals surface area contributed by atoms with E-state index in [0.29, 0.717) is 49.0 Å². The largest absolute Gasteiger partial charge is 0.381 e. The molecule has 1 aliphatic heterocycles. The van der Waals surface area contributed by atoms with Crippen LogP contribution in [0.4, 0.5) is 5.69 Å². The molecule has 1 aromatic carbocycles. The Labute approximate surface area is 176 Å². The quantitative estimate of drug-likeness (QED) is 0.658. The summed E-state index contributed by atoms with van der Waals surface area (Å²) in [7, 11) is -3.68. The molecule has 1 aromatic heterocycles. The monoisotopic (exact) mass is 438 g/mol. The third-order valence-electron chi connectivity index (χ3n) is 5.73. The van der Waals surface area contributed by atoms with E-state index in [2.05, 4.69) is 15.1 Å². The maximum absolute atomic E-state index is 12.9. The summed E-state index contributed by atoms with van der Waals surface area (Å²) in [6.07, 6.45) is 7.31. The first kappa shape index (κ1) is 20.7. The van der Waals surface area contributed by atoms with Gasteiger partial charge in [0, 0.05) is 26.0 Å². The lowest BCUT2D eigenvalue weighted by Crippen LogP contribution is -2.32. The molecule has 2 aliphatic rings. The molecule has 7 nitrogen and oxygen atoms in total. The number of aromatic nitrogens is 2. The van der Waals surface area contributed by atoms with Gasteiger partial charge in [-0.1, -0.05) is 17.7 Å². The predicted octanol–water partition coefficient (Wildman–Crippen LogP) is 3.58. The van der Waals surface area contributed by atoms with Crippen LogP contribution in [0.2, 0.25) is 5.02 Å². The average Bonchev–Trinajstić information content (AvgIpc) is 3.13. The van der Waals surface area contributed by atoms with E-state index in [4.69, 9.17) is 16.3 Å². The van der Waals surface area contributed by atoms with Gasteiger partial charge in [-0.05, 0) is 56.2 Å². The molecule has 2 aromatic rings. The molecule has 158 valence electrons. The number of rotatable bonds is 8. The summed E-state index contributed by atoms with van der Waals surface area (Å²) in [6, 6.07) is 7.37. The summed E-state index contributed by atoms with van der Waals surface area (Å²) >= 11 is 6.34. The van der Waals surface area contributed by atoms with Crippen LogP contribution in [0.25, 0.3) is 0 Å². The van der Waals surface area contributed by atoms with Crippen molar-refractivity contribution in [2.24, 2.45) is 5.92 Å². The van der Waals surface area contributed by atoms with Crippen LogP contribution >= 0.6 is 11.6 Å². The topological polar surface area (TPSA) is 85.3 Å². The predicted molar refractivity (Wildman–Crippen MR) is 113 cm³/mol. The molecule has 1 saturated heterocycles. The molecular formula is C20H27ClN4O3S. The zero-order chi connectivity index (χ0) is 20.3. The highest BCUT2D eigenvalue weighted by atomic mass is 35.5. The Bertz CT molecular complexity index is 937. The van der Waals surface area contributed by atoms with E-state index in [1.165, 1.54) is 19.3 Å². The van der Waals surface area contributed by atoms with Crippen LogP contribution in [0.1, 0.15) is 43.8 Å². The minimum atomic E-state index is -3.68. The Kier molecular flexibility index (Phi) is 6.44. The van der Waals surface area contributed by atoms with E-state index in [-0.39, 0.29) is 4.90 Å². The van der Waals surface area contributed by atoms with Gasteiger partial charge >= 0.3 is 0 Å². The van der Waals surface area contributed by atoms with Gasteiger partial charge < -0.3 is 10.1 Å². The first-order chi connectivity index (χ1) is 14.0. The standard InChI is InChI=1S/C20H27ClN4O3S/c21-18-5-2-6-19(29(26,27)23-13-15-8-11-28-12-9-15)20(18)22-14-16-7-10-25(24-16)17-3-1-4-17/h2,5-7,10,15,17,22-23H,1,3-4,8-9,11-14H2. The molecule has 2 fully saturated rings. The van der Waals surface area contributed by atoms with E-state index in [1.807, 2.05) is 16.9 Å². The zero-order valence-corrected chi connectivity index (χ0v) is 17.9. The van der Waals surface area contributed by atoms with Gasteiger partial charge in [0.25, 0.3) is 0 Å². The summed E-state index contributed by atoms with van der Waals surface area (Å²) < 4.78 is 36.0. The zero-order valence-electron chi connectivity index (χ0n) is 16.3. The fourth-order valence-corrected chi connectivity index (χ4v) is 5.28. The highest BCUT2D eigenvalue weighted by Crippen LogP contribution is 2.32. The fraction of sp³-hybridized carbons (Fsp3) is 0.550. The molecule has 1 saturated carbocycles. The molecule has 0 atom stereocenters. The second-order valence-electron chi connectivity index (χ2n) is 7.75. The number of nitrogens with zero attached hydrogens (tertiary/aromatic N) is 2. The fourth-order valence-electron chi connectivity index (χ4n) is 3.66. The molecule has 9 heteroatoms. The minimum Gasteiger partial charge on any atom is -0.381 e. The van der Waals surface area contributed by atoms with Crippen LogP contribution in [0.3, 0.4) is 0 Å². The van der Waals surface area contributed by atoms with Crippen LogP contribution in [0, 0.1) is 5.92 Å². The SMILES string of the molecule is O=S(=O)(NCC1CCOCC1)c1cccc(Cl)c1NCc1ccn(C2CCC2)n1. The number of hydrogen-bond acceptors (Lipinski definition) is 5. The van der Waals surface area contributed by atoms with Crippen molar-refractivity contribution in [3.63, 3.8) is 0 Å². The van der Waals surface area contributed by atoms with Crippen molar-refractivity contribution in [1.29, 1.82) is 0 Å². The molecule has 0 spiro atoms. The molecule has 29 heavy (non-hydrogen) atoms. The third kappa shape index (κ3) is 4.94. The Morgan fingerprint density at radius 1 is 1.17 bits per heavy atom. The van der Waals surface area contributed by atoms with Gasteiger partial charge in [-0.3, -0.25) is 4.68 Å². The van der Waals surface area contributed by atoms with E-state index in [1.54, 1.807) is 18.2 Å². The smallest absolute Gasteiger partial charge is 0.242 e. The molecule has 0 unspecified atom stereocenters. The van der Waals surface area contributed by atoms with Crippen molar-refractivity contribution >= 4 is 27.3 Å². The first-order valence-corrected chi connectivity index (χ1v) is 12.0. The van der Waals surface area contributed by atoms with Gasteiger partial charge in [-0.2, -0.15) is 5.10 Å². The number of halogens is 1. The lowest BCUT2D eigenvalue weighted by molar-refractivity contribution is 0.0678. The van der Waals surface area contributed by atoms with E-state index in [0.717, 1.165) is 18.5 Å². The molecule has 0 bridgehead atoms. The average molecular weight is 439 g/mol. The number of ether oxygens (including phenoxy) is 1. The second kappa shape index (κ2) is 9.04. The van der Waals surface area contributed by atoms with E-state index in [9.17, 15) is 8.42 Å². The Hall–Kier alpha value is -1.61. The second-order valence-corrected chi connectivity index (χ2v) is 9.89. The number of hydrogen-bond donors (Lipinski definition) is 2. The van der Waals surface area contributed by atoms with Crippen LogP contribution in [0.5, 0.6) is 0 Å². The lowest BCUT2D eigenvalue weighted by Gasteiger charge is -2.25. The summed E-state index contributed by atoms with van der Waals surface area (Å²) in [6.45, 7) is 2.18. The van der Waals surface area contributed by atoms with Gasteiger partial charge in [-0.25, -0.2) is 13.1 Å². The van der Waals surface area contributed by atoms with Crippen LogP contribution in [0.15, 0.2) is 35.4 Å². The van der Waals surface area contributed by atoms with Gasteiger partial charge in [-0.15, -0.1) is 0 Å². The Balaban J connectivity index is 1.44. The summed E-state index contributed by atoms with van der Waals surface area (Å²) in [5.74, 6) is 0.296. The van der Waals surface area contributed by atoms with E-state index < -0.39 is 10.0 Å². The molecule has 1 aliphatic carbocycles. The first-order valence-electron chi connectivity index (χ1n) is 10.2. The Morgan fingerprint density at radius 3 is 2.69 bits per heavy atom. The van der Waals surface area contributed by atoms with Crippen molar-refractivity contribution in [2.45, 2.75) is 49.6 Å². The van der Waals surface area contributed by atoms with Crippen LogP contribution in [-0.4, -0.2) is 38.0 Å². The number of nitrogens with one attached hydrogen (secondary N) is 2. The van der Waals surface area contributed by atoms with E-state index >= 15 is 0 Å². The molecule has 0 radical (unpaired) electrons. The van der Waals surface area contributed by atoms with Gasteiger partial charge in [0.15, 0.2) is 0 Å². The summed E-state index contributed by atoms with van der Waals surface area (Å²) in [5, 5.41) is 8.16.